The van der Waals surface area contributed by atoms with Crippen LogP contribution in [0.3, 0.4) is 0 Å². The molecule has 1 aromatic rings. The Morgan fingerprint density at radius 2 is 2.00 bits per heavy atom. The summed E-state index contributed by atoms with van der Waals surface area (Å²) in [6.45, 7) is 0.555. The van der Waals surface area contributed by atoms with Crippen LogP contribution < -0.4 is 9.47 Å². The number of amides is 1. The number of hydrogen-bond acceptors (Lipinski definition) is 8. The van der Waals surface area contributed by atoms with Crippen molar-refractivity contribution in [1.29, 1.82) is 0 Å². The van der Waals surface area contributed by atoms with Crippen molar-refractivity contribution in [1.82, 2.24) is 4.90 Å². The van der Waals surface area contributed by atoms with Crippen molar-refractivity contribution in [2.75, 3.05) is 40.2 Å². The van der Waals surface area contributed by atoms with Crippen LogP contribution >= 0.6 is 11.8 Å². The fourth-order valence-electron chi connectivity index (χ4n) is 2.80. The van der Waals surface area contributed by atoms with Gasteiger partial charge in [0, 0.05) is 13.0 Å². The second-order valence-corrected chi connectivity index (χ2v) is 7.06. The van der Waals surface area contributed by atoms with Gasteiger partial charge in [-0.3, -0.25) is 9.59 Å². The van der Waals surface area contributed by atoms with Crippen LogP contribution in [0.25, 0.3) is 0 Å². The molecule has 8 nitrogen and oxygen atoms in total. The van der Waals surface area contributed by atoms with Gasteiger partial charge in [-0.15, -0.1) is 0 Å². The minimum atomic E-state index is -0.508. The van der Waals surface area contributed by atoms with Gasteiger partial charge in [0.1, 0.15) is 0 Å². The first-order chi connectivity index (χ1) is 14.0. The van der Waals surface area contributed by atoms with E-state index in [1.807, 2.05) is 12.1 Å². The maximum Gasteiger partial charge on any atom is 0.333 e. The van der Waals surface area contributed by atoms with E-state index in [0.717, 1.165) is 5.56 Å². The molecule has 0 saturated carbocycles. The summed E-state index contributed by atoms with van der Waals surface area (Å²) in [5.74, 6) is 0.584. The minimum absolute atomic E-state index is 0.0819. The van der Waals surface area contributed by atoms with E-state index >= 15 is 0 Å². The first-order valence-corrected chi connectivity index (χ1v) is 10.1. The number of rotatable bonds is 10. The van der Waals surface area contributed by atoms with Gasteiger partial charge in [-0.1, -0.05) is 23.9 Å². The molecular formula is C20H25NO7S. The molecule has 158 valence electrons. The number of esters is 2. The Kier molecular flexibility index (Phi) is 8.85. The summed E-state index contributed by atoms with van der Waals surface area (Å²) in [5.41, 5.74) is 0.862. The van der Waals surface area contributed by atoms with Gasteiger partial charge in [0.2, 0.25) is 5.91 Å². The molecular weight excluding hydrogens is 398 g/mol. The Balaban J connectivity index is 1.77. The van der Waals surface area contributed by atoms with Gasteiger partial charge in [0.25, 0.3) is 0 Å². The van der Waals surface area contributed by atoms with E-state index in [9.17, 15) is 14.4 Å². The monoisotopic (exact) mass is 423 g/mol. The third kappa shape index (κ3) is 6.42. The highest BCUT2D eigenvalue weighted by Gasteiger charge is 2.27. The molecule has 0 atom stereocenters. The van der Waals surface area contributed by atoms with Crippen LogP contribution in [0.4, 0.5) is 0 Å². The van der Waals surface area contributed by atoms with E-state index in [4.69, 9.17) is 14.2 Å². The largest absolute Gasteiger partial charge is 0.493 e. The normalized spacial score (nSPS) is 14.8. The Hall–Kier alpha value is -2.68. The van der Waals surface area contributed by atoms with Crippen LogP contribution in [-0.2, 0) is 30.3 Å². The van der Waals surface area contributed by atoms with Crippen molar-refractivity contribution in [3.63, 3.8) is 0 Å². The molecule has 1 aliphatic heterocycles. The summed E-state index contributed by atoms with van der Waals surface area (Å²) in [7, 11) is 4.40. The van der Waals surface area contributed by atoms with Crippen molar-refractivity contribution in [3.8, 4) is 11.5 Å². The van der Waals surface area contributed by atoms with E-state index in [-0.39, 0.29) is 30.7 Å². The third-order valence-electron chi connectivity index (χ3n) is 4.23. The summed E-state index contributed by atoms with van der Waals surface area (Å²) in [6.07, 6.45) is 2.43. The van der Waals surface area contributed by atoms with E-state index in [1.54, 1.807) is 20.3 Å². The number of methoxy groups -OCH3 is 3. The maximum atomic E-state index is 12.0. The number of ether oxygens (including phenoxy) is 4. The molecule has 9 heteroatoms. The highest BCUT2D eigenvalue weighted by molar-refractivity contribution is 8.04. The predicted molar refractivity (Wildman–Crippen MR) is 108 cm³/mol. The van der Waals surface area contributed by atoms with Gasteiger partial charge in [0.15, 0.2) is 11.5 Å². The Morgan fingerprint density at radius 1 is 1.21 bits per heavy atom. The number of benzene rings is 1. The van der Waals surface area contributed by atoms with Crippen LogP contribution in [0.1, 0.15) is 18.4 Å². The summed E-state index contributed by atoms with van der Waals surface area (Å²) in [5, 5.41) is 0.554. The average molecular weight is 423 g/mol. The SMILES string of the molecule is COC(=O)/C=C1/SCC(=O)N1CCCOC(=O)CCc1cccc(OC)c1OC. The van der Waals surface area contributed by atoms with Crippen molar-refractivity contribution >= 4 is 29.6 Å². The molecule has 29 heavy (non-hydrogen) atoms. The number of hydrogen-bond donors (Lipinski definition) is 0. The van der Waals surface area contributed by atoms with Crippen molar-refractivity contribution in [2.24, 2.45) is 0 Å². The summed E-state index contributed by atoms with van der Waals surface area (Å²) >= 11 is 1.29. The van der Waals surface area contributed by atoms with Crippen molar-refractivity contribution in [2.45, 2.75) is 19.3 Å². The van der Waals surface area contributed by atoms with Gasteiger partial charge >= 0.3 is 11.9 Å². The lowest BCUT2D eigenvalue weighted by Gasteiger charge is -2.16. The van der Waals surface area contributed by atoms with Gasteiger partial charge in [0.05, 0.1) is 44.8 Å². The van der Waals surface area contributed by atoms with Crippen molar-refractivity contribution in [3.05, 3.63) is 34.9 Å². The molecule has 1 saturated heterocycles. The summed E-state index contributed by atoms with van der Waals surface area (Å²) in [6, 6.07) is 5.51. The second kappa shape index (κ2) is 11.4. The fourth-order valence-corrected chi connectivity index (χ4v) is 3.75. The topological polar surface area (TPSA) is 91.4 Å². The molecule has 2 rings (SSSR count). The molecule has 1 aromatic carbocycles. The molecule has 0 spiro atoms. The van der Waals surface area contributed by atoms with E-state index < -0.39 is 5.97 Å². The molecule has 1 aliphatic rings. The van der Waals surface area contributed by atoms with Crippen LogP contribution in [-0.4, -0.2) is 63.0 Å². The molecule has 0 unspecified atom stereocenters. The number of carbonyl (C=O) groups excluding carboxylic acids is 3. The Bertz CT molecular complexity index is 778. The Morgan fingerprint density at radius 3 is 2.69 bits per heavy atom. The van der Waals surface area contributed by atoms with Crippen LogP contribution in [0, 0.1) is 0 Å². The van der Waals surface area contributed by atoms with Crippen LogP contribution in [0.2, 0.25) is 0 Å². The maximum absolute atomic E-state index is 12.0. The van der Waals surface area contributed by atoms with Crippen molar-refractivity contribution < 1.29 is 33.3 Å². The molecule has 0 radical (unpaired) electrons. The number of carbonyl (C=O) groups is 3. The third-order valence-corrected chi connectivity index (χ3v) is 5.25. The lowest BCUT2D eigenvalue weighted by molar-refractivity contribution is -0.143. The van der Waals surface area contributed by atoms with E-state index in [1.165, 1.54) is 29.8 Å². The molecule has 0 N–H and O–H groups in total. The minimum Gasteiger partial charge on any atom is -0.493 e. The van der Waals surface area contributed by atoms with Gasteiger partial charge in [-0.2, -0.15) is 0 Å². The molecule has 0 bridgehead atoms. The molecule has 1 fully saturated rings. The van der Waals surface area contributed by atoms with Crippen LogP contribution in [0.15, 0.2) is 29.3 Å². The zero-order chi connectivity index (χ0) is 21.2. The summed E-state index contributed by atoms with van der Waals surface area (Å²) < 4.78 is 20.5. The predicted octanol–water partition coefficient (Wildman–Crippen LogP) is 2.16. The van der Waals surface area contributed by atoms with Crippen LogP contribution in [0.5, 0.6) is 11.5 Å². The first-order valence-electron chi connectivity index (χ1n) is 9.08. The molecule has 1 heterocycles. The number of thioether (sulfide) groups is 1. The number of aryl methyl sites for hydroxylation is 1. The highest BCUT2D eigenvalue weighted by atomic mass is 32.2. The zero-order valence-corrected chi connectivity index (χ0v) is 17.6. The molecule has 1 amide bonds. The zero-order valence-electron chi connectivity index (χ0n) is 16.8. The van der Waals surface area contributed by atoms with E-state index in [0.29, 0.717) is 35.9 Å². The molecule has 0 aromatic heterocycles. The number of nitrogens with zero attached hydrogens (tertiary/aromatic N) is 1. The first kappa shape index (κ1) is 22.6. The van der Waals surface area contributed by atoms with E-state index in [2.05, 4.69) is 4.74 Å². The van der Waals surface area contributed by atoms with Gasteiger partial charge < -0.3 is 23.8 Å². The quantitative estimate of drug-likeness (QED) is 0.321. The van der Waals surface area contributed by atoms with Gasteiger partial charge in [-0.05, 0) is 24.5 Å². The lowest BCUT2D eigenvalue weighted by atomic mass is 10.1. The molecule has 0 aliphatic carbocycles. The fraction of sp³-hybridized carbons (Fsp3) is 0.450. The highest BCUT2D eigenvalue weighted by Crippen LogP contribution is 2.31. The second-order valence-electron chi connectivity index (χ2n) is 6.07. The Labute approximate surface area is 174 Å². The lowest BCUT2D eigenvalue weighted by Crippen LogP contribution is -2.27. The standard InChI is InChI=1S/C20H25NO7S/c1-25-15-7-4-6-14(20(15)27-3)8-9-18(23)28-11-5-10-21-16(22)13-29-17(21)12-19(24)26-2/h4,6-7,12H,5,8-11,13H2,1-3H3/b17-12+. The number of para-hydroxylation sites is 1. The van der Waals surface area contributed by atoms with Gasteiger partial charge in [-0.25, -0.2) is 4.79 Å². The smallest absolute Gasteiger partial charge is 0.333 e. The average Bonchev–Trinajstić information content (AvgIpc) is 3.08. The summed E-state index contributed by atoms with van der Waals surface area (Å²) in [4.78, 5) is 36.9.